The van der Waals surface area contributed by atoms with E-state index in [1.807, 2.05) is 0 Å². The molecule has 3 rings (SSSR count). The van der Waals surface area contributed by atoms with E-state index >= 15 is 0 Å². The summed E-state index contributed by atoms with van der Waals surface area (Å²) in [4.78, 5) is 12.2. The highest BCUT2D eigenvalue weighted by atomic mass is 19.1. The SMILES string of the molecule is COc1cc(C=CC(=O)NCc2cc(-c3ccc(F)cc3)on2)cc(OC)c1OC. The zero-order chi connectivity index (χ0) is 21.5. The lowest BCUT2D eigenvalue weighted by Crippen LogP contribution is -2.20. The van der Waals surface area contributed by atoms with Gasteiger partial charge in [0.15, 0.2) is 17.3 Å². The van der Waals surface area contributed by atoms with Crippen LogP contribution in [0.2, 0.25) is 0 Å². The molecule has 0 radical (unpaired) electrons. The molecule has 0 saturated heterocycles. The van der Waals surface area contributed by atoms with Gasteiger partial charge in [-0.05, 0) is 48.0 Å². The van der Waals surface area contributed by atoms with Crippen molar-refractivity contribution >= 4 is 12.0 Å². The first kappa shape index (κ1) is 20.9. The van der Waals surface area contributed by atoms with E-state index < -0.39 is 0 Å². The van der Waals surface area contributed by atoms with Crippen molar-refractivity contribution in [2.24, 2.45) is 0 Å². The molecule has 0 spiro atoms. The Labute approximate surface area is 173 Å². The molecule has 1 N–H and O–H groups in total. The van der Waals surface area contributed by atoms with Crippen LogP contribution in [-0.2, 0) is 11.3 Å². The van der Waals surface area contributed by atoms with Crippen molar-refractivity contribution in [1.82, 2.24) is 10.5 Å². The highest BCUT2D eigenvalue weighted by Crippen LogP contribution is 2.38. The number of rotatable bonds is 8. The summed E-state index contributed by atoms with van der Waals surface area (Å²) in [6.45, 7) is 0.184. The molecule has 156 valence electrons. The third-order valence-corrected chi connectivity index (χ3v) is 4.25. The summed E-state index contributed by atoms with van der Waals surface area (Å²) < 4.78 is 34.1. The number of aromatic nitrogens is 1. The van der Waals surface area contributed by atoms with Gasteiger partial charge >= 0.3 is 0 Å². The predicted molar refractivity (Wildman–Crippen MR) is 109 cm³/mol. The molecule has 1 aromatic heterocycles. The zero-order valence-electron chi connectivity index (χ0n) is 16.8. The lowest BCUT2D eigenvalue weighted by Gasteiger charge is -2.12. The van der Waals surface area contributed by atoms with Gasteiger partial charge in [0.2, 0.25) is 11.7 Å². The first-order chi connectivity index (χ1) is 14.5. The van der Waals surface area contributed by atoms with Crippen molar-refractivity contribution in [1.29, 1.82) is 0 Å². The van der Waals surface area contributed by atoms with E-state index in [2.05, 4.69) is 10.5 Å². The van der Waals surface area contributed by atoms with Crippen LogP contribution < -0.4 is 19.5 Å². The Kier molecular flexibility index (Phi) is 6.69. The maximum atomic E-state index is 13.0. The molecule has 1 amide bonds. The second kappa shape index (κ2) is 9.60. The minimum Gasteiger partial charge on any atom is -0.493 e. The highest BCUT2D eigenvalue weighted by molar-refractivity contribution is 5.91. The van der Waals surface area contributed by atoms with Crippen LogP contribution >= 0.6 is 0 Å². The van der Waals surface area contributed by atoms with E-state index in [1.165, 1.54) is 39.5 Å². The highest BCUT2D eigenvalue weighted by Gasteiger charge is 2.12. The largest absolute Gasteiger partial charge is 0.493 e. The maximum Gasteiger partial charge on any atom is 0.244 e. The van der Waals surface area contributed by atoms with E-state index in [0.29, 0.717) is 39.8 Å². The van der Waals surface area contributed by atoms with E-state index in [0.717, 1.165) is 0 Å². The minimum absolute atomic E-state index is 0.184. The molecular formula is C22H21FN2O5. The van der Waals surface area contributed by atoms with Gasteiger partial charge in [0.1, 0.15) is 11.5 Å². The fraction of sp³-hybridized carbons (Fsp3) is 0.182. The fourth-order valence-electron chi connectivity index (χ4n) is 2.75. The number of carbonyl (C=O) groups excluding carboxylic acids is 1. The number of carbonyl (C=O) groups is 1. The molecule has 8 heteroatoms. The van der Waals surface area contributed by atoms with Crippen molar-refractivity contribution in [2.45, 2.75) is 6.54 Å². The van der Waals surface area contributed by atoms with Gasteiger partial charge in [0.05, 0.1) is 27.9 Å². The third-order valence-electron chi connectivity index (χ3n) is 4.25. The van der Waals surface area contributed by atoms with Gasteiger partial charge in [-0.3, -0.25) is 4.79 Å². The number of ether oxygens (including phenoxy) is 3. The number of nitrogens with zero attached hydrogens (tertiary/aromatic N) is 1. The Hall–Kier alpha value is -3.81. The van der Waals surface area contributed by atoms with Gasteiger partial charge in [-0.15, -0.1) is 0 Å². The summed E-state index contributed by atoms with van der Waals surface area (Å²) in [7, 11) is 4.57. The number of methoxy groups -OCH3 is 3. The molecule has 0 saturated carbocycles. The van der Waals surface area contributed by atoms with Crippen LogP contribution in [0.1, 0.15) is 11.3 Å². The fourth-order valence-corrected chi connectivity index (χ4v) is 2.75. The molecule has 0 bridgehead atoms. The Morgan fingerprint density at radius 2 is 1.73 bits per heavy atom. The number of benzene rings is 2. The summed E-state index contributed by atoms with van der Waals surface area (Å²) in [6, 6.07) is 11.0. The summed E-state index contributed by atoms with van der Waals surface area (Å²) >= 11 is 0. The van der Waals surface area contributed by atoms with Crippen LogP contribution in [0.5, 0.6) is 17.2 Å². The van der Waals surface area contributed by atoms with Gasteiger partial charge in [0, 0.05) is 17.7 Å². The van der Waals surface area contributed by atoms with Crippen LogP contribution in [0.4, 0.5) is 4.39 Å². The van der Waals surface area contributed by atoms with Crippen molar-refractivity contribution in [3.05, 3.63) is 65.6 Å². The average molecular weight is 412 g/mol. The molecule has 0 aliphatic heterocycles. The van der Waals surface area contributed by atoms with Gasteiger partial charge < -0.3 is 24.1 Å². The molecule has 0 unspecified atom stereocenters. The molecule has 0 aliphatic rings. The topological polar surface area (TPSA) is 82.8 Å². The Morgan fingerprint density at radius 3 is 2.33 bits per heavy atom. The number of hydrogen-bond acceptors (Lipinski definition) is 6. The van der Waals surface area contributed by atoms with E-state index in [-0.39, 0.29) is 18.3 Å². The molecule has 0 aliphatic carbocycles. The van der Waals surface area contributed by atoms with Gasteiger partial charge in [0.25, 0.3) is 0 Å². The number of halogens is 1. The quantitative estimate of drug-likeness (QED) is 0.566. The Morgan fingerprint density at radius 1 is 1.07 bits per heavy atom. The number of hydrogen-bond donors (Lipinski definition) is 1. The maximum absolute atomic E-state index is 13.0. The van der Waals surface area contributed by atoms with Crippen molar-refractivity contribution in [3.63, 3.8) is 0 Å². The third kappa shape index (κ3) is 4.96. The second-order valence-electron chi connectivity index (χ2n) is 6.20. The minimum atomic E-state index is -0.329. The lowest BCUT2D eigenvalue weighted by molar-refractivity contribution is -0.116. The van der Waals surface area contributed by atoms with Crippen LogP contribution in [0.25, 0.3) is 17.4 Å². The van der Waals surface area contributed by atoms with E-state index in [4.69, 9.17) is 18.7 Å². The molecule has 3 aromatic rings. The molecule has 0 atom stereocenters. The molecular weight excluding hydrogens is 391 g/mol. The molecule has 0 fully saturated rings. The van der Waals surface area contributed by atoms with Gasteiger partial charge in [-0.25, -0.2) is 4.39 Å². The average Bonchev–Trinajstić information content (AvgIpc) is 3.24. The molecule has 30 heavy (non-hydrogen) atoms. The summed E-state index contributed by atoms with van der Waals surface area (Å²) in [5.74, 6) is 1.32. The summed E-state index contributed by atoms with van der Waals surface area (Å²) in [5, 5.41) is 6.64. The van der Waals surface area contributed by atoms with Crippen molar-refractivity contribution < 1.29 is 27.9 Å². The lowest BCUT2D eigenvalue weighted by atomic mass is 10.1. The molecule has 1 heterocycles. The van der Waals surface area contributed by atoms with Crippen LogP contribution in [-0.4, -0.2) is 32.4 Å². The Balaban J connectivity index is 1.62. The van der Waals surface area contributed by atoms with Crippen molar-refractivity contribution in [3.8, 4) is 28.6 Å². The first-order valence-electron chi connectivity index (χ1n) is 9.01. The standard InChI is InChI=1S/C22H21FN2O5/c1-27-19-10-14(11-20(28-2)22(19)29-3)4-9-21(26)24-13-17-12-18(30-25-17)15-5-7-16(23)8-6-15/h4-12H,13H2,1-3H3,(H,24,26). The normalized spacial score (nSPS) is 10.8. The van der Waals surface area contributed by atoms with Crippen molar-refractivity contribution in [2.75, 3.05) is 21.3 Å². The first-order valence-corrected chi connectivity index (χ1v) is 9.01. The monoisotopic (exact) mass is 412 g/mol. The van der Waals surface area contributed by atoms with Crippen LogP contribution in [0.15, 0.2) is 53.1 Å². The van der Waals surface area contributed by atoms with E-state index in [9.17, 15) is 9.18 Å². The number of amides is 1. The smallest absolute Gasteiger partial charge is 0.244 e. The van der Waals surface area contributed by atoms with Gasteiger partial charge in [-0.2, -0.15) is 0 Å². The second-order valence-corrected chi connectivity index (χ2v) is 6.20. The molecule has 2 aromatic carbocycles. The summed E-state index contributed by atoms with van der Waals surface area (Å²) in [5.41, 5.74) is 1.95. The van der Waals surface area contributed by atoms with Crippen LogP contribution in [0, 0.1) is 5.82 Å². The zero-order valence-corrected chi connectivity index (χ0v) is 16.8. The van der Waals surface area contributed by atoms with Gasteiger partial charge in [-0.1, -0.05) is 5.16 Å². The van der Waals surface area contributed by atoms with Crippen LogP contribution in [0.3, 0.4) is 0 Å². The Bertz CT molecular complexity index is 1020. The predicted octanol–water partition coefficient (Wildman–Crippen LogP) is 3.84. The number of nitrogens with one attached hydrogen (secondary N) is 1. The van der Waals surface area contributed by atoms with E-state index in [1.54, 1.807) is 36.4 Å². The summed E-state index contributed by atoms with van der Waals surface area (Å²) in [6.07, 6.45) is 3.02. The molecule has 7 nitrogen and oxygen atoms in total.